The zero-order valence-electron chi connectivity index (χ0n) is 9.68. The molecule has 18 heavy (non-hydrogen) atoms. The number of halogens is 1. The lowest BCUT2D eigenvalue weighted by Crippen LogP contribution is -1.87. The van der Waals surface area contributed by atoms with Gasteiger partial charge in [0.2, 0.25) is 0 Å². The third kappa shape index (κ3) is 2.79. The topological polar surface area (TPSA) is 33.0 Å². The number of para-hydroxylation sites is 1. The van der Waals surface area contributed by atoms with Gasteiger partial charge in [-0.25, -0.2) is 0 Å². The van der Waals surface area contributed by atoms with Gasteiger partial charge >= 0.3 is 0 Å². The van der Waals surface area contributed by atoms with Gasteiger partial charge in [-0.15, -0.1) is 0 Å². The molecule has 0 heterocycles. The molecule has 0 aliphatic rings. The maximum Gasteiger partial charge on any atom is 0.132 e. The number of rotatable bonds is 3. The quantitative estimate of drug-likeness (QED) is 0.834. The van der Waals surface area contributed by atoms with E-state index in [0.29, 0.717) is 10.6 Å². The van der Waals surface area contributed by atoms with E-state index in [1.54, 1.807) is 25.3 Å². The summed E-state index contributed by atoms with van der Waals surface area (Å²) in [6, 6.07) is 15.1. The van der Waals surface area contributed by atoms with Crippen molar-refractivity contribution < 1.29 is 4.74 Å². The first kappa shape index (κ1) is 12.8. The number of hydrogen-bond donors (Lipinski definition) is 0. The Balaban J connectivity index is 2.40. The van der Waals surface area contributed by atoms with Crippen LogP contribution in [0.1, 0.15) is 5.56 Å². The van der Waals surface area contributed by atoms with E-state index in [0.717, 1.165) is 15.5 Å². The highest BCUT2D eigenvalue weighted by atomic mass is 35.5. The van der Waals surface area contributed by atoms with Crippen molar-refractivity contribution in [3.8, 4) is 11.8 Å². The lowest BCUT2D eigenvalue weighted by Gasteiger charge is -2.08. The van der Waals surface area contributed by atoms with Gasteiger partial charge in [-0.1, -0.05) is 35.5 Å². The Morgan fingerprint density at radius 2 is 1.94 bits per heavy atom. The van der Waals surface area contributed by atoms with Gasteiger partial charge in [0.1, 0.15) is 11.8 Å². The molecule has 0 N–H and O–H groups in total. The predicted molar refractivity (Wildman–Crippen MR) is 73.3 cm³/mol. The Bertz CT molecular complexity index is 607. The Labute approximate surface area is 115 Å². The zero-order chi connectivity index (χ0) is 13.0. The number of hydrogen-bond acceptors (Lipinski definition) is 3. The van der Waals surface area contributed by atoms with Gasteiger partial charge in [0.15, 0.2) is 0 Å². The van der Waals surface area contributed by atoms with Crippen molar-refractivity contribution in [2.75, 3.05) is 7.11 Å². The van der Waals surface area contributed by atoms with E-state index in [4.69, 9.17) is 21.6 Å². The normalized spacial score (nSPS) is 9.83. The van der Waals surface area contributed by atoms with Gasteiger partial charge in [0.25, 0.3) is 0 Å². The summed E-state index contributed by atoms with van der Waals surface area (Å²) in [6.07, 6.45) is 0. The monoisotopic (exact) mass is 275 g/mol. The third-order valence-corrected chi connectivity index (χ3v) is 3.70. The first-order valence-corrected chi connectivity index (χ1v) is 6.44. The summed E-state index contributed by atoms with van der Waals surface area (Å²) < 4.78 is 5.28. The van der Waals surface area contributed by atoms with Gasteiger partial charge in [0.05, 0.1) is 17.6 Å². The van der Waals surface area contributed by atoms with Crippen LogP contribution in [0, 0.1) is 11.3 Å². The molecule has 0 amide bonds. The van der Waals surface area contributed by atoms with Crippen LogP contribution in [0.4, 0.5) is 0 Å². The second-order valence-electron chi connectivity index (χ2n) is 3.51. The zero-order valence-corrected chi connectivity index (χ0v) is 11.3. The van der Waals surface area contributed by atoms with E-state index in [1.165, 1.54) is 11.8 Å². The Morgan fingerprint density at radius 1 is 1.17 bits per heavy atom. The minimum atomic E-state index is 0.607. The molecular formula is C14H10ClNOS. The lowest BCUT2D eigenvalue weighted by molar-refractivity contribution is 0.405. The highest BCUT2D eigenvalue weighted by molar-refractivity contribution is 7.99. The van der Waals surface area contributed by atoms with Gasteiger partial charge in [-0.3, -0.25) is 0 Å². The van der Waals surface area contributed by atoms with Crippen LogP contribution in [0.3, 0.4) is 0 Å². The van der Waals surface area contributed by atoms with Crippen LogP contribution in [0.25, 0.3) is 0 Å². The Hall–Kier alpha value is -1.63. The van der Waals surface area contributed by atoms with Crippen LogP contribution in [-0.2, 0) is 0 Å². The van der Waals surface area contributed by atoms with Crippen molar-refractivity contribution in [2.24, 2.45) is 0 Å². The number of nitrogens with zero attached hydrogens (tertiary/aromatic N) is 1. The molecule has 0 saturated carbocycles. The molecule has 2 aromatic carbocycles. The minimum absolute atomic E-state index is 0.607. The van der Waals surface area contributed by atoms with Gasteiger partial charge in [0, 0.05) is 9.92 Å². The smallest absolute Gasteiger partial charge is 0.132 e. The van der Waals surface area contributed by atoms with Crippen LogP contribution >= 0.6 is 23.4 Å². The second kappa shape index (κ2) is 5.81. The molecule has 0 unspecified atom stereocenters. The number of benzene rings is 2. The van der Waals surface area contributed by atoms with Crippen LogP contribution < -0.4 is 4.74 Å². The summed E-state index contributed by atoms with van der Waals surface area (Å²) in [6.45, 7) is 0. The molecule has 2 rings (SSSR count). The largest absolute Gasteiger partial charge is 0.496 e. The average molecular weight is 276 g/mol. The Morgan fingerprint density at radius 3 is 2.67 bits per heavy atom. The number of nitriles is 1. The first-order valence-electron chi connectivity index (χ1n) is 5.25. The van der Waals surface area contributed by atoms with E-state index in [1.807, 2.05) is 24.3 Å². The third-order valence-electron chi connectivity index (χ3n) is 2.35. The molecule has 0 saturated heterocycles. The van der Waals surface area contributed by atoms with Gasteiger partial charge in [-0.2, -0.15) is 5.26 Å². The molecular weight excluding hydrogens is 266 g/mol. The van der Waals surface area contributed by atoms with Gasteiger partial charge in [-0.05, 0) is 30.3 Å². The molecule has 0 aliphatic heterocycles. The molecule has 0 aliphatic carbocycles. The molecule has 0 aromatic heterocycles. The second-order valence-corrected chi connectivity index (χ2v) is 5.03. The molecule has 0 radical (unpaired) electrons. The SMILES string of the molecule is COc1ccccc1Sc1cc(Cl)ccc1C#N. The highest BCUT2D eigenvalue weighted by Gasteiger charge is 2.08. The highest BCUT2D eigenvalue weighted by Crippen LogP contribution is 2.37. The number of ether oxygens (including phenoxy) is 1. The average Bonchev–Trinajstić information content (AvgIpc) is 2.40. The maximum absolute atomic E-state index is 9.08. The van der Waals surface area contributed by atoms with Crippen molar-refractivity contribution in [2.45, 2.75) is 9.79 Å². The van der Waals surface area contributed by atoms with Gasteiger partial charge < -0.3 is 4.74 Å². The van der Waals surface area contributed by atoms with Crippen molar-refractivity contribution in [1.29, 1.82) is 5.26 Å². The summed E-state index contributed by atoms with van der Waals surface area (Å²) >= 11 is 7.43. The van der Waals surface area contributed by atoms with Crippen LogP contribution in [-0.4, -0.2) is 7.11 Å². The lowest BCUT2D eigenvalue weighted by atomic mass is 10.2. The van der Waals surface area contributed by atoms with E-state index in [9.17, 15) is 0 Å². The molecule has 90 valence electrons. The summed E-state index contributed by atoms with van der Waals surface area (Å²) in [4.78, 5) is 1.79. The summed E-state index contributed by atoms with van der Waals surface area (Å²) in [5.74, 6) is 0.784. The minimum Gasteiger partial charge on any atom is -0.496 e. The molecule has 0 fully saturated rings. The summed E-state index contributed by atoms with van der Waals surface area (Å²) in [5, 5.41) is 9.69. The molecule has 4 heteroatoms. The van der Waals surface area contributed by atoms with E-state index in [2.05, 4.69) is 6.07 Å². The number of methoxy groups -OCH3 is 1. The van der Waals surface area contributed by atoms with Crippen LogP contribution in [0.5, 0.6) is 5.75 Å². The molecule has 2 nitrogen and oxygen atoms in total. The van der Waals surface area contributed by atoms with E-state index >= 15 is 0 Å². The van der Waals surface area contributed by atoms with E-state index < -0.39 is 0 Å². The molecule has 2 aromatic rings. The van der Waals surface area contributed by atoms with Crippen molar-refractivity contribution >= 4 is 23.4 Å². The fraction of sp³-hybridized carbons (Fsp3) is 0.0714. The molecule has 0 spiro atoms. The fourth-order valence-electron chi connectivity index (χ4n) is 1.49. The predicted octanol–water partition coefficient (Wildman–Crippen LogP) is 4.37. The van der Waals surface area contributed by atoms with Crippen LogP contribution in [0.15, 0.2) is 52.3 Å². The van der Waals surface area contributed by atoms with E-state index in [-0.39, 0.29) is 0 Å². The van der Waals surface area contributed by atoms with Crippen molar-refractivity contribution in [1.82, 2.24) is 0 Å². The standard InChI is InChI=1S/C14H10ClNOS/c1-17-12-4-2-3-5-13(12)18-14-8-11(15)7-6-10(14)9-16/h2-8H,1H3. The fourth-order valence-corrected chi connectivity index (χ4v) is 2.78. The van der Waals surface area contributed by atoms with Crippen molar-refractivity contribution in [3.63, 3.8) is 0 Å². The maximum atomic E-state index is 9.08. The summed E-state index contributed by atoms with van der Waals surface area (Å²) in [7, 11) is 1.63. The Kier molecular flexibility index (Phi) is 4.14. The summed E-state index contributed by atoms with van der Waals surface area (Å²) in [5.41, 5.74) is 0.607. The van der Waals surface area contributed by atoms with Crippen molar-refractivity contribution in [3.05, 3.63) is 53.1 Å². The first-order chi connectivity index (χ1) is 8.74. The van der Waals surface area contributed by atoms with Crippen LogP contribution in [0.2, 0.25) is 5.02 Å². The molecule has 0 atom stereocenters. The molecule has 0 bridgehead atoms.